The van der Waals surface area contributed by atoms with Crippen molar-refractivity contribution in [1.29, 1.82) is 0 Å². The molecular weight excluding hydrogens is 392 g/mol. The van der Waals surface area contributed by atoms with Crippen molar-refractivity contribution in [3.05, 3.63) is 46.2 Å². The van der Waals surface area contributed by atoms with Crippen molar-refractivity contribution < 1.29 is 24.5 Å². The van der Waals surface area contributed by atoms with Crippen LogP contribution in [0.15, 0.2) is 41.3 Å². The molecule has 1 aliphatic carbocycles. The van der Waals surface area contributed by atoms with E-state index in [4.69, 9.17) is 4.74 Å². The van der Waals surface area contributed by atoms with Crippen molar-refractivity contribution >= 4 is 23.2 Å². The number of carbonyl (C=O) groups excluding carboxylic acids is 2. The molecule has 29 heavy (non-hydrogen) atoms. The Labute approximate surface area is 174 Å². The molecule has 0 bridgehead atoms. The number of hydrogen-bond acceptors (Lipinski definition) is 6. The number of aliphatic hydroxyl groups excluding tert-OH is 2. The molecular formula is C21H28N2O5S. The normalized spacial score (nSPS) is 23.6. The van der Waals surface area contributed by atoms with Gasteiger partial charge in [-0.1, -0.05) is 24.3 Å². The molecule has 4 atom stereocenters. The predicted molar refractivity (Wildman–Crippen MR) is 110 cm³/mol. The van der Waals surface area contributed by atoms with Gasteiger partial charge in [-0.2, -0.15) is 0 Å². The first kappa shape index (κ1) is 21.7. The summed E-state index contributed by atoms with van der Waals surface area (Å²) in [6.07, 6.45) is 5.36. The number of nitrogens with one attached hydrogen (secondary N) is 1. The second kappa shape index (κ2) is 10.2. The van der Waals surface area contributed by atoms with Crippen molar-refractivity contribution in [3.63, 3.8) is 0 Å². The Kier molecular flexibility index (Phi) is 7.60. The highest BCUT2D eigenvalue weighted by molar-refractivity contribution is 7.09. The van der Waals surface area contributed by atoms with Gasteiger partial charge < -0.3 is 25.2 Å². The van der Waals surface area contributed by atoms with Crippen LogP contribution in [0.3, 0.4) is 0 Å². The molecule has 1 aromatic rings. The summed E-state index contributed by atoms with van der Waals surface area (Å²) in [7, 11) is 1.65. The largest absolute Gasteiger partial charge is 0.380 e. The van der Waals surface area contributed by atoms with Crippen LogP contribution in [-0.2, 0) is 20.7 Å². The van der Waals surface area contributed by atoms with Crippen LogP contribution < -0.4 is 5.32 Å². The maximum Gasteiger partial charge on any atom is 0.255 e. The molecule has 7 nitrogen and oxygen atoms in total. The number of nitrogens with zero attached hydrogens (tertiary/aromatic N) is 1. The first-order valence-corrected chi connectivity index (χ1v) is 10.8. The van der Waals surface area contributed by atoms with E-state index in [-0.39, 0.29) is 12.1 Å². The third kappa shape index (κ3) is 5.33. The zero-order valence-corrected chi connectivity index (χ0v) is 17.3. The Hall–Kier alpha value is -2.00. The molecule has 3 N–H and O–H groups in total. The molecule has 3 rings (SSSR count). The van der Waals surface area contributed by atoms with E-state index in [0.29, 0.717) is 19.5 Å². The number of rotatable bonds is 8. The van der Waals surface area contributed by atoms with Gasteiger partial charge in [-0.3, -0.25) is 9.59 Å². The van der Waals surface area contributed by atoms with E-state index in [1.165, 1.54) is 0 Å². The standard InChI is InChI=1S/C21H28N2O5S/c1-28-15-6-2-5-14(13-15)17-8-3-11-23(17)21(27)19(25)18(24)20(26)22-10-9-16-7-4-12-29-16/h2,4-5,7,12-13,15,17-19,24-25H,3,6,8-11H2,1H3,(H,22,26)/t15?,17?,18-,19-/m1/s1. The number of methoxy groups -OCH3 is 1. The van der Waals surface area contributed by atoms with Crippen molar-refractivity contribution in [2.24, 2.45) is 0 Å². The minimum atomic E-state index is -1.80. The van der Waals surface area contributed by atoms with Crippen LogP contribution in [0.2, 0.25) is 0 Å². The molecule has 2 aliphatic rings. The van der Waals surface area contributed by atoms with Gasteiger partial charge in [0.1, 0.15) is 0 Å². The van der Waals surface area contributed by atoms with E-state index >= 15 is 0 Å². The zero-order chi connectivity index (χ0) is 20.8. The summed E-state index contributed by atoms with van der Waals surface area (Å²) >= 11 is 1.58. The molecule has 2 unspecified atom stereocenters. The van der Waals surface area contributed by atoms with Gasteiger partial charge >= 0.3 is 0 Å². The van der Waals surface area contributed by atoms with Crippen LogP contribution in [0.4, 0.5) is 0 Å². The van der Waals surface area contributed by atoms with Gasteiger partial charge in [-0.05, 0) is 42.7 Å². The van der Waals surface area contributed by atoms with E-state index in [9.17, 15) is 19.8 Å². The van der Waals surface area contributed by atoms with Gasteiger partial charge in [0.15, 0.2) is 12.2 Å². The Morgan fingerprint density at radius 1 is 1.38 bits per heavy atom. The minimum Gasteiger partial charge on any atom is -0.380 e. The number of amides is 2. The summed E-state index contributed by atoms with van der Waals surface area (Å²) in [5.41, 5.74) is 0.969. The summed E-state index contributed by atoms with van der Waals surface area (Å²) in [5.74, 6) is -1.36. The average molecular weight is 421 g/mol. The van der Waals surface area contributed by atoms with Crippen LogP contribution in [0.1, 0.15) is 24.1 Å². The molecule has 0 saturated carbocycles. The monoisotopic (exact) mass is 420 g/mol. The molecule has 1 saturated heterocycles. The molecule has 0 spiro atoms. The van der Waals surface area contributed by atoms with Crippen LogP contribution in [-0.4, -0.2) is 71.5 Å². The van der Waals surface area contributed by atoms with Gasteiger partial charge in [0.25, 0.3) is 11.8 Å². The van der Waals surface area contributed by atoms with Crippen molar-refractivity contribution in [3.8, 4) is 0 Å². The highest BCUT2D eigenvalue weighted by Crippen LogP contribution is 2.28. The van der Waals surface area contributed by atoms with E-state index < -0.39 is 24.0 Å². The van der Waals surface area contributed by atoms with Crippen LogP contribution in [0, 0.1) is 0 Å². The van der Waals surface area contributed by atoms with E-state index in [0.717, 1.165) is 29.7 Å². The first-order valence-electron chi connectivity index (χ1n) is 9.89. The summed E-state index contributed by atoms with van der Waals surface area (Å²) in [5, 5.41) is 25.1. The third-order valence-corrected chi connectivity index (χ3v) is 6.29. The number of hydrogen-bond donors (Lipinski definition) is 3. The minimum absolute atomic E-state index is 0.0304. The van der Waals surface area contributed by atoms with Gasteiger partial charge in [0, 0.05) is 25.1 Å². The molecule has 1 aromatic heterocycles. The van der Waals surface area contributed by atoms with E-state index in [2.05, 4.69) is 5.32 Å². The van der Waals surface area contributed by atoms with Crippen molar-refractivity contribution in [1.82, 2.24) is 10.2 Å². The van der Waals surface area contributed by atoms with E-state index in [1.54, 1.807) is 23.3 Å². The molecule has 1 fully saturated rings. The van der Waals surface area contributed by atoms with Crippen molar-refractivity contribution in [2.75, 3.05) is 20.2 Å². The molecule has 8 heteroatoms. The Morgan fingerprint density at radius 3 is 2.93 bits per heavy atom. The van der Waals surface area contributed by atoms with Gasteiger partial charge in [0.05, 0.1) is 12.1 Å². The number of ether oxygens (including phenoxy) is 1. The molecule has 2 amide bonds. The Balaban J connectivity index is 1.57. The Morgan fingerprint density at radius 2 is 2.21 bits per heavy atom. The van der Waals surface area contributed by atoms with Crippen molar-refractivity contribution in [2.45, 2.75) is 50.0 Å². The smallest absolute Gasteiger partial charge is 0.255 e. The maximum absolute atomic E-state index is 12.8. The maximum atomic E-state index is 12.8. The van der Waals surface area contributed by atoms with E-state index in [1.807, 2.05) is 35.7 Å². The fourth-order valence-corrected chi connectivity index (χ4v) is 4.47. The summed E-state index contributed by atoms with van der Waals surface area (Å²) < 4.78 is 5.39. The first-order chi connectivity index (χ1) is 14.0. The fraction of sp³-hybridized carbons (Fsp3) is 0.524. The number of carbonyl (C=O) groups is 2. The second-order valence-electron chi connectivity index (χ2n) is 7.28. The van der Waals surface area contributed by atoms with Gasteiger partial charge in [0.2, 0.25) is 0 Å². The molecule has 0 radical (unpaired) electrons. The molecule has 0 aromatic carbocycles. The molecule has 1 aliphatic heterocycles. The third-order valence-electron chi connectivity index (χ3n) is 5.35. The molecule has 2 heterocycles. The highest BCUT2D eigenvalue weighted by Gasteiger charge is 2.39. The number of likely N-dealkylation sites (tertiary alicyclic amines) is 1. The Bertz CT molecular complexity index is 761. The zero-order valence-electron chi connectivity index (χ0n) is 16.5. The lowest BCUT2D eigenvalue weighted by molar-refractivity contribution is -0.153. The molecule has 158 valence electrons. The quantitative estimate of drug-likeness (QED) is 0.583. The predicted octanol–water partition coefficient (Wildman–Crippen LogP) is 1.02. The topological polar surface area (TPSA) is 99.1 Å². The van der Waals surface area contributed by atoms with Crippen LogP contribution >= 0.6 is 11.3 Å². The highest BCUT2D eigenvalue weighted by atomic mass is 32.1. The fourth-order valence-electron chi connectivity index (χ4n) is 3.76. The summed E-state index contributed by atoms with van der Waals surface area (Å²) in [6.45, 7) is 0.815. The lowest BCUT2D eigenvalue weighted by atomic mass is 9.96. The lowest BCUT2D eigenvalue weighted by Crippen LogP contribution is -2.52. The van der Waals surface area contributed by atoms with Gasteiger partial charge in [-0.25, -0.2) is 0 Å². The SMILES string of the molecule is COC1C=C(C2CCCN2C(=O)[C@H](O)[C@@H](O)C(=O)NCCc2cccs2)C=CC1. The number of thiophene rings is 1. The summed E-state index contributed by atoms with van der Waals surface area (Å²) in [4.78, 5) is 27.6. The van der Waals surface area contributed by atoms with Crippen LogP contribution in [0.25, 0.3) is 0 Å². The summed E-state index contributed by atoms with van der Waals surface area (Å²) in [6, 6.07) is 3.71. The van der Waals surface area contributed by atoms with Crippen LogP contribution in [0.5, 0.6) is 0 Å². The lowest BCUT2D eigenvalue weighted by Gasteiger charge is -2.30. The number of aliphatic hydroxyl groups is 2. The second-order valence-corrected chi connectivity index (χ2v) is 8.31. The average Bonchev–Trinajstić information content (AvgIpc) is 3.44. The van der Waals surface area contributed by atoms with Gasteiger partial charge in [-0.15, -0.1) is 11.3 Å².